The zero-order valence-corrected chi connectivity index (χ0v) is 20.0. The molecule has 0 bridgehead atoms. The summed E-state index contributed by atoms with van der Waals surface area (Å²) < 4.78 is 33.8. The Bertz CT molecular complexity index is 1340. The highest BCUT2D eigenvalue weighted by molar-refractivity contribution is 7.92. The fourth-order valence-corrected chi connectivity index (χ4v) is 6.50. The number of ether oxygens (including phenoxy) is 1. The molecule has 0 radical (unpaired) electrons. The molecule has 0 fully saturated rings. The summed E-state index contributed by atoms with van der Waals surface area (Å²) in [7, 11) is -3.67. The van der Waals surface area contributed by atoms with Crippen molar-refractivity contribution in [2.24, 2.45) is 0 Å². The van der Waals surface area contributed by atoms with Crippen LogP contribution in [0.4, 0.5) is 5.69 Å². The number of hydrogen-bond acceptors (Lipinski definition) is 4. The maximum atomic E-state index is 13.3. The van der Waals surface area contributed by atoms with Gasteiger partial charge in [-0.05, 0) is 79.1 Å². The van der Waals surface area contributed by atoms with Crippen LogP contribution in [0.1, 0.15) is 41.1 Å². The third-order valence-electron chi connectivity index (χ3n) is 6.64. The summed E-state index contributed by atoms with van der Waals surface area (Å²) in [5.74, 6) is 0.312. The van der Waals surface area contributed by atoms with E-state index in [1.54, 1.807) is 25.1 Å². The minimum Gasteiger partial charge on any atom is -0.484 e. The molecule has 6 nitrogen and oxygen atoms in total. The molecule has 0 saturated carbocycles. The highest BCUT2D eigenvalue weighted by Gasteiger charge is 2.31. The van der Waals surface area contributed by atoms with Crippen LogP contribution >= 0.6 is 0 Å². The maximum absolute atomic E-state index is 13.3. The normalized spacial score (nSPS) is 17.1. The smallest absolute Gasteiger partial charge is 0.264 e. The maximum Gasteiger partial charge on any atom is 0.264 e. The first kappa shape index (κ1) is 22.5. The standard InChI is InChI=1S/C27H28N2O4S/c1-19-17-22(34(31,32)29-16-15-21-8-3-5-12-25(21)29)13-14-26(19)33-18-27(30)28-24-11-6-9-20-7-2-4-10-23(20)24/h2-5,7-8,10,12-14,17,24H,6,9,11,15-16,18H2,1H3,(H,28,30). The third-order valence-corrected chi connectivity index (χ3v) is 8.45. The van der Waals surface area contributed by atoms with Crippen LogP contribution in [0.2, 0.25) is 0 Å². The number of amides is 1. The molecule has 1 amide bonds. The van der Waals surface area contributed by atoms with Crippen LogP contribution in [0.3, 0.4) is 0 Å². The van der Waals surface area contributed by atoms with E-state index in [0.717, 1.165) is 30.5 Å². The van der Waals surface area contributed by atoms with Gasteiger partial charge in [0.2, 0.25) is 0 Å². The van der Waals surface area contributed by atoms with Crippen molar-refractivity contribution in [1.82, 2.24) is 5.32 Å². The number of carbonyl (C=O) groups excluding carboxylic acids is 1. The summed E-state index contributed by atoms with van der Waals surface area (Å²) in [6, 6.07) is 20.6. The first-order chi connectivity index (χ1) is 16.4. The number of fused-ring (bicyclic) bond motifs is 2. The molecule has 34 heavy (non-hydrogen) atoms. The molecule has 1 atom stereocenters. The Balaban J connectivity index is 1.25. The number of nitrogens with zero attached hydrogens (tertiary/aromatic N) is 1. The van der Waals surface area contributed by atoms with Gasteiger partial charge in [-0.25, -0.2) is 8.42 Å². The average Bonchev–Trinajstić information content (AvgIpc) is 3.29. The van der Waals surface area contributed by atoms with Gasteiger partial charge in [-0.3, -0.25) is 9.10 Å². The minimum absolute atomic E-state index is 0.00185. The summed E-state index contributed by atoms with van der Waals surface area (Å²) >= 11 is 0. The lowest BCUT2D eigenvalue weighted by molar-refractivity contribution is -0.124. The molecule has 7 heteroatoms. The molecule has 1 aliphatic heterocycles. The number of rotatable bonds is 6. The monoisotopic (exact) mass is 476 g/mol. The van der Waals surface area contributed by atoms with Gasteiger partial charge in [0.15, 0.2) is 6.61 Å². The van der Waals surface area contributed by atoms with Gasteiger partial charge >= 0.3 is 0 Å². The highest BCUT2D eigenvalue weighted by atomic mass is 32.2. The Morgan fingerprint density at radius 3 is 2.62 bits per heavy atom. The van der Waals surface area contributed by atoms with Crippen molar-refractivity contribution in [3.05, 3.63) is 89.0 Å². The van der Waals surface area contributed by atoms with Gasteiger partial charge in [-0.1, -0.05) is 42.5 Å². The van der Waals surface area contributed by atoms with Gasteiger partial charge in [0, 0.05) is 6.54 Å². The van der Waals surface area contributed by atoms with Crippen molar-refractivity contribution >= 4 is 21.6 Å². The predicted molar refractivity (Wildman–Crippen MR) is 132 cm³/mol. The van der Waals surface area contributed by atoms with Crippen LogP contribution in [0.5, 0.6) is 5.75 Å². The van der Waals surface area contributed by atoms with Gasteiger partial charge in [0.05, 0.1) is 16.6 Å². The number of hydrogen-bond donors (Lipinski definition) is 1. The summed E-state index contributed by atoms with van der Waals surface area (Å²) in [6.45, 7) is 2.11. The van der Waals surface area contributed by atoms with Crippen LogP contribution in [0.15, 0.2) is 71.6 Å². The molecule has 0 aromatic heterocycles. The van der Waals surface area contributed by atoms with Gasteiger partial charge in [0.25, 0.3) is 15.9 Å². The topological polar surface area (TPSA) is 75.7 Å². The quantitative estimate of drug-likeness (QED) is 0.575. The Kier molecular flexibility index (Phi) is 6.04. The van der Waals surface area contributed by atoms with Crippen molar-refractivity contribution in [1.29, 1.82) is 0 Å². The largest absolute Gasteiger partial charge is 0.484 e. The van der Waals surface area contributed by atoms with E-state index < -0.39 is 10.0 Å². The second kappa shape index (κ2) is 9.14. The zero-order chi connectivity index (χ0) is 23.7. The van der Waals surface area contributed by atoms with Gasteiger partial charge < -0.3 is 10.1 Å². The lowest BCUT2D eigenvalue weighted by Gasteiger charge is -2.26. The molecule has 1 heterocycles. The van der Waals surface area contributed by atoms with Crippen LogP contribution in [-0.4, -0.2) is 27.5 Å². The van der Waals surface area contributed by atoms with Crippen LogP contribution in [0.25, 0.3) is 0 Å². The van der Waals surface area contributed by atoms with Gasteiger partial charge in [0.1, 0.15) is 5.75 Å². The molecule has 176 valence electrons. The van der Waals surface area contributed by atoms with Crippen molar-refractivity contribution in [2.75, 3.05) is 17.5 Å². The van der Waals surface area contributed by atoms with E-state index in [1.807, 2.05) is 36.4 Å². The first-order valence-electron chi connectivity index (χ1n) is 11.6. The third kappa shape index (κ3) is 4.28. The van der Waals surface area contributed by atoms with Gasteiger partial charge in [-0.2, -0.15) is 0 Å². The summed E-state index contributed by atoms with van der Waals surface area (Å²) in [6.07, 6.45) is 3.69. The first-order valence-corrected chi connectivity index (χ1v) is 13.1. The lowest BCUT2D eigenvalue weighted by Crippen LogP contribution is -2.34. The minimum atomic E-state index is -3.67. The number of nitrogens with one attached hydrogen (secondary N) is 1. The zero-order valence-electron chi connectivity index (χ0n) is 19.2. The highest BCUT2D eigenvalue weighted by Crippen LogP contribution is 2.34. The van der Waals surface area contributed by atoms with E-state index in [9.17, 15) is 13.2 Å². The fraction of sp³-hybridized carbons (Fsp3) is 0.296. The van der Waals surface area contributed by atoms with E-state index in [4.69, 9.17) is 4.74 Å². The van der Waals surface area contributed by atoms with E-state index in [0.29, 0.717) is 24.3 Å². The van der Waals surface area contributed by atoms with Crippen molar-refractivity contribution in [3.8, 4) is 5.75 Å². The Morgan fingerprint density at radius 1 is 1.03 bits per heavy atom. The molecular weight excluding hydrogens is 448 g/mol. The molecule has 1 unspecified atom stereocenters. The van der Waals surface area contributed by atoms with Crippen LogP contribution in [-0.2, 0) is 27.7 Å². The van der Waals surface area contributed by atoms with Crippen molar-refractivity contribution < 1.29 is 17.9 Å². The number of para-hydroxylation sites is 1. The molecule has 0 spiro atoms. The van der Waals surface area contributed by atoms with E-state index in [-0.39, 0.29) is 23.5 Å². The number of carbonyl (C=O) groups is 1. The summed E-state index contributed by atoms with van der Waals surface area (Å²) in [5.41, 5.74) is 4.91. The number of aryl methyl sites for hydroxylation is 2. The number of anilines is 1. The van der Waals surface area contributed by atoms with Gasteiger partial charge in [-0.15, -0.1) is 0 Å². The summed E-state index contributed by atoms with van der Waals surface area (Å²) in [5, 5.41) is 3.08. The molecular formula is C27H28N2O4S. The van der Waals surface area contributed by atoms with E-state index in [1.165, 1.54) is 15.4 Å². The van der Waals surface area contributed by atoms with Crippen molar-refractivity contribution in [3.63, 3.8) is 0 Å². The SMILES string of the molecule is Cc1cc(S(=O)(=O)N2CCc3ccccc32)ccc1OCC(=O)NC1CCCc2ccccc21. The van der Waals surface area contributed by atoms with E-state index >= 15 is 0 Å². The number of benzene rings is 3. The lowest BCUT2D eigenvalue weighted by atomic mass is 9.88. The molecule has 1 aliphatic carbocycles. The van der Waals surface area contributed by atoms with Crippen LogP contribution in [0, 0.1) is 6.92 Å². The molecule has 1 N–H and O–H groups in total. The van der Waals surface area contributed by atoms with Crippen LogP contribution < -0.4 is 14.4 Å². The molecule has 3 aromatic carbocycles. The fourth-order valence-electron chi connectivity index (χ4n) is 4.91. The average molecular weight is 477 g/mol. The molecule has 3 aromatic rings. The molecule has 2 aliphatic rings. The molecule has 5 rings (SSSR count). The second-order valence-corrected chi connectivity index (χ2v) is 10.7. The Hall–Kier alpha value is -3.32. The number of sulfonamides is 1. The predicted octanol–water partition coefficient (Wildman–Crippen LogP) is 4.32. The Morgan fingerprint density at radius 2 is 1.79 bits per heavy atom. The Labute approximate surface area is 200 Å². The molecule has 0 saturated heterocycles. The second-order valence-electron chi connectivity index (χ2n) is 8.88. The van der Waals surface area contributed by atoms with Crippen molar-refractivity contribution in [2.45, 2.75) is 43.5 Å². The van der Waals surface area contributed by atoms with E-state index in [2.05, 4.69) is 17.4 Å². The summed E-state index contributed by atoms with van der Waals surface area (Å²) in [4.78, 5) is 12.8.